The van der Waals surface area contributed by atoms with Crippen molar-refractivity contribution in [1.29, 1.82) is 0 Å². The van der Waals surface area contributed by atoms with Gasteiger partial charge in [-0.1, -0.05) is 35.9 Å². The lowest BCUT2D eigenvalue weighted by Crippen LogP contribution is -2.48. The summed E-state index contributed by atoms with van der Waals surface area (Å²) in [5, 5.41) is 13.4. The number of aliphatic carboxylic acids is 1. The molecule has 0 aliphatic carbocycles. The van der Waals surface area contributed by atoms with Crippen LogP contribution in [0, 0.1) is 11.2 Å². The van der Waals surface area contributed by atoms with E-state index in [4.69, 9.17) is 31.5 Å². The van der Waals surface area contributed by atoms with Crippen molar-refractivity contribution in [1.82, 2.24) is 5.32 Å². The fourth-order valence-electron chi connectivity index (χ4n) is 4.19. The molecule has 0 aliphatic heterocycles. The van der Waals surface area contributed by atoms with Crippen molar-refractivity contribution < 1.29 is 38.1 Å². The molecule has 226 valence electrons. The zero-order valence-corrected chi connectivity index (χ0v) is 25.1. The predicted molar refractivity (Wildman–Crippen MR) is 154 cm³/mol. The molecule has 0 radical (unpaired) electrons. The molecule has 2 atom stereocenters. The average Bonchev–Trinajstić information content (AvgIpc) is 2.82. The van der Waals surface area contributed by atoms with Crippen molar-refractivity contribution in [3.05, 3.63) is 58.9 Å². The van der Waals surface area contributed by atoms with Crippen LogP contribution in [0.15, 0.2) is 42.5 Å². The number of carboxylic acid groups (broad SMARTS) is 1. The van der Waals surface area contributed by atoms with Crippen molar-refractivity contribution in [2.45, 2.75) is 78.0 Å². The maximum atomic E-state index is 14.4. The summed E-state index contributed by atoms with van der Waals surface area (Å²) in [4.78, 5) is 37.6. The van der Waals surface area contributed by atoms with Crippen molar-refractivity contribution in [3.8, 4) is 11.1 Å². The van der Waals surface area contributed by atoms with E-state index in [0.717, 1.165) is 5.56 Å². The van der Waals surface area contributed by atoms with E-state index in [9.17, 15) is 23.9 Å². The summed E-state index contributed by atoms with van der Waals surface area (Å²) in [5.74, 6) is -1.67. The fraction of sp³-hybridized carbons (Fsp3) is 0.500. The minimum absolute atomic E-state index is 0.0109. The highest BCUT2D eigenvalue weighted by molar-refractivity contribution is 6.30. The van der Waals surface area contributed by atoms with Gasteiger partial charge in [0.2, 0.25) is 0 Å². The van der Waals surface area contributed by atoms with Gasteiger partial charge < -0.3 is 30.4 Å². The van der Waals surface area contributed by atoms with Gasteiger partial charge in [0, 0.05) is 16.6 Å². The van der Waals surface area contributed by atoms with E-state index in [0.29, 0.717) is 16.1 Å². The van der Waals surface area contributed by atoms with Gasteiger partial charge in [-0.2, -0.15) is 0 Å². The summed E-state index contributed by atoms with van der Waals surface area (Å²) < 4.78 is 30.2. The number of carbonyl (C=O) groups excluding carboxylic acids is 2. The number of carbonyl (C=O) groups is 3. The minimum Gasteiger partial charge on any atom is -0.481 e. The summed E-state index contributed by atoms with van der Waals surface area (Å²) in [6, 6.07) is 10.4. The number of carboxylic acids is 1. The average molecular weight is 595 g/mol. The molecule has 0 heterocycles. The van der Waals surface area contributed by atoms with Crippen molar-refractivity contribution in [2.24, 2.45) is 11.1 Å². The van der Waals surface area contributed by atoms with E-state index >= 15 is 0 Å². The Morgan fingerprint density at radius 3 is 2.15 bits per heavy atom. The number of nitrogens with two attached hydrogens (primary N) is 1. The number of benzene rings is 2. The van der Waals surface area contributed by atoms with E-state index in [1.807, 2.05) is 0 Å². The first kappa shape index (κ1) is 33.8. The lowest BCUT2D eigenvalue weighted by Gasteiger charge is -2.33. The Bertz CT molecular complexity index is 1210. The molecule has 2 aromatic rings. The third-order valence-electron chi connectivity index (χ3n) is 5.97. The molecule has 0 bridgehead atoms. The van der Waals surface area contributed by atoms with Gasteiger partial charge in [-0.05, 0) is 96.7 Å². The molecule has 9 nitrogen and oxygen atoms in total. The molecule has 2 rings (SSSR count). The fourth-order valence-corrected chi connectivity index (χ4v) is 4.36. The number of hydrogen-bond acceptors (Lipinski definition) is 7. The quantitative estimate of drug-likeness (QED) is 0.256. The Hall–Kier alpha value is -3.37. The molecular formula is C30H40ClFN2O7. The molecular weight excluding hydrogens is 555 g/mol. The second-order valence-corrected chi connectivity index (χ2v) is 12.4. The highest BCUT2D eigenvalue weighted by Gasteiger charge is 2.42. The summed E-state index contributed by atoms with van der Waals surface area (Å²) in [5.41, 5.74) is 4.19. The summed E-state index contributed by atoms with van der Waals surface area (Å²) in [6.45, 7) is 9.57. The zero-order chi connectivity index (χ0) is 31.0. The minimum atomic E-state index is -1.63. The highest BCUT2D eigenvalue weighted by Crippen LogP contribution is 2.32. The standard InChI is InChI=1S/C30H40ClFN2O7/c1-28(2,3)40-26(37)34-22(15-19-7-9-20(10-8-19)23-16-21(31)11-12-24(23)32)17-30(13-14-33,25(35)36)18-39-27(38)41-29(4,5)6/h7-12,16,22H,13-15,17-18,33H2,1-6H3,(H,34,37)(H,35,36)/t22-,30?/m1/s1. The van der Waals surface area contributed by atoms with Crippen LogP contribution in [-0.2, 0) is 25.4 Å². The molecule has 0 spiro atoms. The van der Waals surface area contributed by atoms with Gasteiger partial charge in [-0.15, -0.1) is 0 Å². The molecule has 0 saturated heterocycles. The Morgan fingerprint density at radius 1 is 1.00 bits per heavy atom. The molecule has 0 saturated carbocycles. The molecule has 1 unspecified atom stereocenters. The van der Waals surface area contributed by atoms with E-state index in [1.165, 1.54) is 18.2 Å². The molecule has 2 aromatic carbocycles. The van der Waals surface area contributed by atoms with Gasteiger partial charge in [-0.25, -0.2) is 14.0 Å². The molecule has 0 aromatic heterocycles. The first-order valence-electron chi connectivity index (χ1n) is 13.3. The van der Waals surface area contributed by atoms with Crippen LogP contribution >= 0.6 is 11.6 Å². The Balaban J connectivity index is 2.36. The molecule has 1 amide bonds. The molecule has 4 N–H and O–H groups in total. The summed E-state index contributed by atoms with van der Waals surface area (Å²) in [7, 11) is 0. The molecule has 0 fully saturated rings. The van der Waals surface area contributed by atoms with Gasteiger partial charge in [-0.3, -0.25) is 4.79 Å². The Labute approximate surface area is 245 Å². The monoisotopic (exact) mass is 594 g/mol. The number of alkyl carbamates (subject to hydrolysis) is 1. The van der Waals surface area contributed by atoms with Crippen LogP contribution in [0.3, 0.4) is 0 Å². The highest BCUT2D eigenvalue weighted by atomic mass is 35.5. The maximum absolute atomic E-state index is 14.4. The normalized spacial score (nSPS) is 14.0. The van der Waals surface area contributed by atoms with Gasteiger partial charge in [0.05, 0.1) is 0 Å². The van der Waals surface area contributed by atoms with Crippen LogP contribution < -0.4 is 11.1 Å². The molecule has 41 heavy (non-hydrogen) atoms. The third-order valence-corrected chi connectivity index (χ3v) is 6.20. The van der Waals surface area contributed by atoms with Gasteiger partial charge in [0.15, 0.2) is 0 Å². The molecule has 11 heteroatoms. The van der Waals surface area contributed by atoms with E-state index in [2.05, 4.69) is 5.32 Å². The zero-order valence-electron chi connectivity index (χ0n) is 24.4. The largest absolute Gasteiger partial charge is 0.508 e. The lowest BCUT2D eigenvalue weighted by atomic mass is 9.78. The first-order chi connectivity index (χ1) is 18.9. The van der Waals surface area contributed by atoms with E-state index in [-0.39, 0.29) is 25.8 Å². The van der Waals surface area contributed by atoms with Crippen LogP contribution in [0.1, 0.15) is 59.9 Å². The predicted octanol–water partition coefficient (Wildman–Crippen LogP) is 6.34. The second-order valence-electron chi connectivity index (χ2n) is 11.9. The van der Waals surface area contributed by atoms with Gasteiger partial charge >= 0.3 is 18.2 Å². The number of amides is 1. The van der Waals surface area contributed by atoms with Crippen LogP contribution in [0.2, 0.25) is 5.02 Å². The number of ether oxygens (including phenoxy) is 3. The Morgan fingerprint density at radius 2 is 1.61 bits per heavy atom. The van der Waals surface area contributed by atoms with Gasteiger partial charge in [0.1, 0.15) is 29.0 Å². The molecule has 0 aliphatic rings. The number of hydrogen-bond donors (Lipinski definition) is 3. The summed E-state index contributed by atoms with van der Waals surface area (Å²) in [6.07, 6.45) is -1.72. The van der Waals surface area contributed by atoms with Crippen LogP contribution in [0.25, 0.3) is 11.1 Å². The smallest absolute Gasteiger partial charge is 0.481 e. The van der Waals surface area contributed by atoms with Crippen molar-refractivity contribution in [2.75, 3.05) is 13.2 Å². The van der Waals surface area contributed by atoms with Gasteiger partial charge in [0.25, 0.3) is 0 Å². The van der Waals surface area contributed by atoms with Crippen LogP contribution in [0.4, 0.5) is 14.0 Å². The van der Waals surface area contributed by atoms with Crippen LogP contribution in [0.5, 0.6) is 0 Å². The second kappa shape index (κ2) is 14.0. The topological polar surface area (TPSA) is 137 Å². The van der Waals surface area contributed by atoms with Crippen molar-refractivity contribution in [3.63, 3.8) is 0 Å². The number of rotatable bonds is 11. The maximum Gasteiger partial charge on any atom is 0.508 e. The Kier molecular flexibility index (Phi) is 11.6. The SMILES string of the molecule is CC(C)(C)OC(=O)N[C@H](Cc1ccc(-c2cc(Cl)ccc2F)cc1)CC(CCN)(COC(=O)OC(C)(C)C)C(=O)O. The van der Waals surface area contributed by atoms with E-state index < -0.39 is 53.3 Å². The lowest BCUT2D eigenvalue weighted by molar-refractivity contribution is -0.154. The van der Waals surface area contributed by atoms with Crippen molar-refractivity contribution >= 4 is 29.8 Å². The first-order valence-corrected chi connectivity index (χ1v) is 13.6. The van der Waals surface area contributed by atoms with Crippen LogP contribution in [-0.4, -0.2) is 53.7 Å². The number of nitrogens with one attached hydrogen (secondary N) is 1. The summed E-state index contributed by atoms with van der Waals surface area (Å²) >= 11 is 6.04. The third kappa shape index (κ3) is 11.2. The van der Waals surface area contributed by atoms with E-state index in [1.54, 1.807) is 65.8 Å². The number of halogens is 2.